The number of benzene rings is 1. The van der Waals surface area contributed by atoms with E-state index < -0.39 is 6.10 Å². The number of aliphatic hydroxyl groups is 1. The van der Waals surface area contributed by atoms with E-state index in [1.54, 1.807) is 23.1 Å². The van der Waals surface area contributed by atoms with Crippen molar-refractivity contribution in [2.24, 2.45) is 0 Å². The first-order chi connectivity index (χ1) is 12.1. The van der Waals surface area contributed by atoms with Gasteiger partial charge >= 0.3 is 6.03 Å². The van der Waals surface area contributed by atoms with Crippen molar-refractivity contribution in [3.63, 3.8) is 0 Å². The molecule has 1 aromatic rings. The molecular weight excluding hydrogens is 330 g/mol. The zero-order valence-electron chi connectivity index (χ0n) is 16.8. The summed E-state index contributed by atoms with van der Waals surface area (Å²) in [5, 5.41) is 16.4. The van der Waals surface area contributed by atoms with Gasteiger partial charge < -0.3 is 20.6 Å². The van der Waals surface area contributed by atoms with Gasteiger partial charge in [-0.25, -0.2) is 4.79 Å². The summed E-state index contributed by atoms with van der Waals surface area (Å²) in [4.78, 5) is 25.9. The van der Waals surface area contributed by atoms with Crippen LogP contribution in [0.3, 0.4) is 0 Å². The van der Waals surface area contributed by atoms with Crippen LogP contribution >= 0.6 is 0 Å². The van der Waals surface area contributed by atoms with E-state index in [0.29, 0.717) is 37.3 Å². The Hall–Kier alpha value is -1.92. The molecule has 0 aromatic heterocycles. The molecule has 0 aliphatic heterocycles. The molecule has 6 heteroatoms. The maximum Gasteiger partial charge on any atom is 0.321 e. The molecule has 1 rings (SSSR count). The van der Waals surface area contributed by atoms with Crippen molar-refractivity contribution < 1.29 is 14.7 Å². The summed E-state index contributed by atoms with van der Waals surface area (Å²) in [7, 11) is 0. The minimum atomic E-state index is -0.594. The smallest absolute Gasteiger partial charge is 0.321 e. The second-order valence-corrected chi connectivity index (χ2v) is 7.52. The normalized spacial score (nSPS) is 12.6. The molecule has 0 aliphatic rings. The van der Waals surface area contributed by atoms with Gasteiger partial charge in [0.1, 0.15) is 0 Å². The van der Waals surface area contributed by atoms with Gasteiger partial charge in [0.15, 0.2) is 5.78 Å². The Bertz CT molecular complexity index is 619. The molecule has 0 aliphatic carbocycles. The number of rotatable bonds is 8. The molecule has 0 radical (unpaired) electrons. The van der Waals surface area contributed by atoms with E-state index in [9.17, 15) is 14.7 Å². The van der Waals surface area contributed by atoms with Crippen LogP contribution in [0.5, 0.6) is 0 Å². The van der Waals surface area contributed by atoms with Crippen molar-refractivity contribution in [2.75, 3.05) is 25.0 Å². The molecule has 6 nitrogen and oxygen atoms in total. The van der Waals surface area contributed by atoms with Crippen molar-refractivity contribution in [3.05, 3.63) is 29.3 Å². The first-order valence-corrected chi connectivity index (χ1v) is 9.20. The van der Waals surface area contributed by atoms with Gasteiger partial charge in [0.2, 0.25) is 0 Å². The number of anilines is 1. The number of Topliss-reactive ketones (excluding diaryl/α,β-unsaturated/α-hetero) is 1. The second kappa shape index (κ2) is 9.69. The number of carbonyl (C=O) groups is 2. The fraction of sp³-hybridized carbons (Fsp3) is 0.600. The van der Waals surface area contributed by atoms with Crippen LogP contribution in [0.2, 0.25) is 0 Å². The average molecular weight is 364 g/mol. The van der Waals surface area contributed by atoms with E-state index in [1.165, 1.54) is 6.92 Å². The SMILES string of the molecule is CCN(CC)C(=O)Nc1ccc(C[C@@H](O)CNC(C)(C)C)c(C(C)=O)c1. The Labute approximate surface area is 157 Å². The van der Waals surface area contributed by atoms with E-state index in [4.69, 9.17) is 0 Å². The van der Waals surface area contributed by atoms with Crippen LogP contribution < -0.4 is 10.6 Å². The summed E-state index contributed by atoms with van der Waals surface area (Å²) in [5.41, 5.74) is 1.81. The van der Waals surface area contributed by atoms with Gasteiger partial charge in [-0.05, 0) is 59.2 Å². The lowest BCUT2D eigenvalue weighted by molar-refractivity contribution is 0.101. The molecule has 146 valence electrons. The van der Waals surface area contributed by atoms with Gasteiger partial charge in [-0.3, -0.25) is 4.79 Å². The molecule has 0 spiro atoms. The number of nitrogens with one attached hydrogen (secondary N) is 2. The third kappa shape index (κ3) is 7.14. The molecule has 0 bridgehead atoms. The summed E-state index contributed by atoms with van der Waals surface area (Å²) in [5.74, 6) is -0.0880. The Kier molecular flexibility index (Phi) is 8.24. The molecular formula is C20H33N3O3. The number of ketones is 1. The van der Waals surface area contributed by atoms with Crippen molar-refractivity contribution in [1.82, 2.24) is 10.2 Å². The lowest BCUT2D eigenvalue weighted by Gasteiger charge is -2.23. The first kappa shape index (κ1) is 22.1. The van der Waals surface area contributed by atoms with Crippen molar-refractivity contribution in [3.8, 4) is 0 Å². The van der Waals surface area contributed by atoms with Crippen LogP contribution in [0, 0.1) is 0 Å². The molecule has 0 fully saturated rings. The van der Waals surface area contributed by atoms with E-state index in [-0.39, 0.29) is 17.4 Å². The number of amides is 2. The van der Waals surface area contributed by atoms with Gasteiger partial charge in [-0.1, -0.05) is 6.07 Å². The fourth-order valence-corrected chi connectivity index (χ4v) is 2.62. The molecule has 0 unspecified atom stereocenters. The first-order valence-electron chi connectivity index (χ1n) is 9.20. The third-order valence-electron chi connectivity index (χ3n) is 4.11. The lowest BCUT2D eigenvalue weighted by Crippen LogP contribution is -2.41. The van der Waals surface area contributed by atoms with Gasteiger partial charge in [0.25, 0.3) is 0 Å². The van der Waals surface area contributed by atoms with Crippen LogP contribution in [0.25, 0.3) is 0 Å². The van der Waals surface area contributed by atoms with Crippen molar-refractivity contribution >= 4 is 17.5 Å². The van der Waals surface area contributed by atoms with Crippen LogP contribution in [0.1, 0.15) is 57.5 Å². The number of hydrogen-bond donors (Lipinski definition) is 3. The zero-order valence-corrected chi connectivity index (χ0v) is 16.8. The highest BCUT2D eigenvalue weighted by molar-refractivity contribution is 5.98. The standard InChI is InChI=1S/C20H33N3O3/c1-7-23(8-2)19(26)22-16-10-9-15(18(12-16)14(3)24)11-17(25)13-21-20(4,5)6/h9-10,12,17,21,25H,7-8,11,13H2,1-6H3,(H,22,26)/t17-/m1/s1. The summed E-state index contributed by atoms with van der Waals surface area (Å²) in [6, 6.07) is 5.07. The molecule has 0 saturated heterocycles. The zero-order chi connectivity index (χ0) is 19.9. The quantitative estimate of drug-likeness (QED) is 0.620. The Morgan fingerprint density at radius 1 is 1.19 bits per heavy atom. The van der Waals surface area contributed by atoms with Gasteiger partial charge in [-0.2, -0.15) is 0 Å². The molecule has 26 heavy (non-hydrogen) atoms. The Balaban J connectivity index is 2.89. The number of carbonyl (C=O) groups excluding carboxylic acids is 2. The van der Waals surface area contributed by atoms with Gasteiger partial charge in [0.05, 0.1) is 6.10 Å². The minimum absolute atomic E-state index is 0.0804. The number of urea groups is 1. The molecule has 1 atom stereocenters. The van der Waals surface area contributed by atoms with Crippen LogP contribution in [0.4, 0.5) is 10.5 Å². The number of nitrogens with zero attached hydrogens (tertiary/aromatic N) is 1. The molecule has 0 heterocycles. The second-order valence-electron chi connectivity index (χ2n) is 7.52. The topological polar surface area (TPSA) is 81.7 Å². The lowest BCUT2D eigenvalue weighted by atomic mass is 9.97. The van der Waals surface area contributed by atoms with Crippen molar-refractivity contribution in [1.29, 1.82) is 0 Å². The summed E-state index contributed by atoms with van der Waals surface area (Å²) in [6.07, 6.45) is -0.217. The number of β-amino-alcohol motifs (C(OH)–C–C–N with tert-alkyl or cyclic N) is 1. The van der Waals surface area contributed by atoms with E-state index in [0.717, 1.165) is 5.56 Å². The van der Waals surface area contributed by atoms with Gasteiger partial charge in [0, 0.05) is 42.8 Å². The largest absolute Gasteiger partial charge is 0.391 e. The predicted molar refractivity (Wildman–Crippen MR) is 106 cm³/mol. The maximum absolute atomic E-state index is 12.2. The maximum atomic E-state index is 12.2. The van der Waals surface area contributed by atoms with E-state index >= 15 is 0 Å². The Morgan fingerprint density at radius 2 is 1.81 bits per heavy atom. The number of aliphatic hydroxyl groups excluding tert-OH is 1. The van der Waals surface area contributed by atoms with Gasteiger partial charge in [-0.15, -0.1) is 0 Å². The van der Waals surface area contributed by atoms with E-state index in [2.05, 4.69) is 10.6 Å². The summed E-state index contributed by atoms with van der Waals surface area (Å²) in [6.45, 7) is 13.1. The van der Waals surface area contributed by atoms with Crippen LogP contribution in [-0.4, -0.2) is 53.1 Å². The molecule has 0 saturated carbocycles. The monoisotopic (exact) mass is 363 g/mol. The molecule has 2 amide bonds. The van der Waals surface area contributed by atoms with Crippen LogP contribution in [0.15, 0.2) is 18.2 Å². The third-order valence-corrected chi connectivity index (χ3v) is 4.11. The highest BCUT2D eigenvalue weighted by Gasteiger charge is 2.17. The fourth-order valence-electron chi connectivity index (χ4n) is 2.62. The molecule has 3 N–H and O–H groups in total. The Morgan fingerprint density at radius 3 is 2.31 bits per heavy atom. The average Bonchev–Trinajstić information content (AvgIpc) is 2.54. The predicted octanol–water partition coefficient (Wildman–Crippen LogP) is 3.05. The van der Waals surface area contributed by atoms with Crippen LogP contribution in [-0.2, 0) is 6.42 Å². The van der Waals surface area contributed by atoms with E-state index in [1.807, 2.05) is 34.6 Å². The van der Waals surface area contributed by atoms with Crippen molar-refractivity contribution in [2.45, 2.75) is 59.6 Å². The highest BCUT2D eigenvalue weighted by Crippen LogP contribution is 2.19. The molecule has 1 aromatic carbocycles. The number of hydrogen-bond acceptors (Lipinski definition) is 4. The highest BCUT2D eigenvalue weighted by atomic mass is 16.3. The summed E-state index contributed by atoms with van der Waals surface area (Å²) < 4.78 is 0. The minimum Gasteiger partial charge on any atom is -0.391 e. The summed E-state index contributed by atoms with van der Waals surface area (Å²) >= 11 is 0.